The first-order valence-corrected chi connectivity index (χ1v) is 4.44. The Morgan fingerprint density at radius 2 is 2.00 bits per heavy atom. The molecule has 1 aliphatic rings. The molecule has 0 aromatic heterocycles. The lowest BCUT2D eigenvalue weighted by Crippen LogP contribution is -2.31. The molecule has 0 amide bonds. The van der Waals surface area contributed by atoms with Gasteiger partial charge in [-0.1, -0.05) is 6.92 Å². The van der Waals surface area contributed by atoms with Gasteiger partial charge < -0.3 is 14.6 Å². The molecular weight excluding hydrogens is 156 g/mol. The van der Waals surface area contributed by atoms with E-state index in [1.54, 1.807) is 14.0 Å². The van der Waals surface area contributed by atoms with Crippen molar-refractivity contribution < 1.29 is 14.6 Å². The summed E-state index contributed by atoms with van der Waals surface area (Å²) in [5.41, 5.74) is 0. The maximum atomic E-state index is 9.37. The summed E-state index contributed by atoms with van der Waals surface area (Å²) in [7, 11) is 1.69. The second-order valence-corrected chi connectivity index (χ2v) is 3.61. The van der Waals surface area contributed by atoms with Crippen molar-refractivity contribution in [3.63, 3.8) is 0 Å². The van der Waals surface area contributed by atoms with Crippen LogP contribution in [-0.4, -0.2) is 36.6 Å². The van der Waals surface area contributed by atoms with Gasteiger partial charge >= 0.3 is 0 Å². The molecule has 5 atom stereocenters. The molecule has 0 aliphatic carbocycles. The lowest BCUT2D eigenvalue weighted by Gasteiger charge is -2.19. The summed E-state index contributed by atoms with van der Waals surface area (Å²) >= 11 is 0. The third-order valence-electron chi connectivity index (χ3n) is 2.62. The molecule has 1 saturated heterocycles. The van der Waals surface area contributed by atoms with E-state index in [4.69, 9.17) is 9.47 Å². The zero-order chi connectivity index (χ0) is 9.30. The van der Waals surface area contributed by atoms with Crippen LogP contribution >= 0.6 is 0 Å². The fourth-order valence-electron chi connectivity index (χ4n) is 2.02. The van der Waals surface area contributed by atoms with Gasteiger partial charge in [-0.25, -0.2) is 0 Å². The van der Waals surface area contributed by atoms with Crippen LogP contribution in [-0.2, 0) is 9.47 Å². The summed E-state index contributed by atoms with van der Waals surface area (Å²) in [6.45, 7) is 5.79. The third-order valence-corrected chi connectivity index (χ3v) is 2.62. The first kappa shape index (κ1) is 9.96. The molecule has 0 spiro atoms. The van der Waals surface area contributed by atoms with Crippen LogP contribution in [0.1, 0.15) is 20.8 Å². The van der Waals surface area contributed by atoms with Crippen molar-refractivity contribution in [2.45, 2.75) is 45.2 Å². The van der Waals surface area contributed by atoms with Crippen molar-refractivity contribution in [3.8, 4) is 0 Å². The first-order valence-electron chi connectivity index (χ1n) is 4.44. The predicted octanol–water partition coefficient (Wildman–Crippen LogP) is 0.806. The van der Waals surface area contributed by atoms with Crippen molar-refractivity contribution >= 4 is 0 Å². The zero-order valence-corrected chi connectivity index (χ0v) is 8.15. The van der Waals surface area contributed by atoms with Gasteiger partial charge in [-0.3, -0.25) is 0 Å². The normalized spacial score (nSPS) is 44.8. The lowest BCUT2D eigenvalue weighted by molar-refractivity contribution is -0.0380. The first-order chi connectivity index (χ1) is 5.57. The van der Waals surface area contributed by atoms with Gasteiger partial charge in [0.2, 0.25) is 0 Å². The van der Waals surface area contributed by atoms with E-state index < -0.39 is 6.10 Å². The molecule has 1 rings (SSSR count). The number of aliphatic hydroxyl groups excluding tert-OH is 1. The van der Waals surface area contributed by atoms with Crippen LogP contribution in [0.3, 0.4) is 0 Å². The Labute approximate surface area is 73.7 Å². The van der Waals surface area contributed by atoms with Crippen molar-refractivity contribution in [2.24, 2.45) is 5.92 Å². The van der Waals surface area contributed by atoms with Crippen LogP contribution in [0.4, 0.5) is 0 Å². The lowest BCUT2D eigenvalue weighted by atomic mass is 9.96. The molecule has 0 saturated carbocycles. The van der Waals surface area contributed by atoms with Gasteiger partial charge in [0.25, 0.3) is 0 Å². The molecule has 1 unspecified atom stereocenters. The highest BCUT2D eigenvalue weighted by molar-refractivity contribution is 4.89. The minimum Gasteiger partial charge on any atom is -0.391 e. The Kier molecular flexibility index (Phi) is 3.09. The number of hydrogen-bond donors (Lipinski definition) is 1. The topological polar surface area (TPSA) is 38.7 Å². The molecule has 1 fully saturated rings. The molecule has 1 heterocycles. The summed E-state index contributed by atoms with van der Waals surface area (Å²) in [5, 5.41) is 9.37. The van der Waals surface area contributed by atoms with Gasteiger partial charge in [-0.2, -0.15) is 0 Å². The van der Waals surface area contributed by atoms with Gasteiger partial charge in [0.15, 0.2) is 0 Å². The summed E-state index contributed by atoms with van der Waals surface area (Å²) in [6.07, 6.45) is -0.290. The van der Waals surface area contributed by atoms with Crippen LogP contribution in [0.25, 0.3) is 0 Å². The zero-order valence-electron chi connectivity index (χ0n) is 8.15. The van der Waals surface area contributed by atoms with Crippen molar-refractivity contribution in [2.75, 3.05) is 7.11 Å². The molecule has 0 radical (unpaired) electrons. The standard InChI is InChI=1S/C9H18O3/c1-5-8(6(2)10)12-7(3)9(5)11-4/h5-10H,1-4H3/t5?,6-,7+,8+,9+/m1/s1. The molecule has 72 valence electrons. The maximum Gasteiger partial charge on any atom is 0.0887 e. The second kappa shape index (κ2) is 3.73. The number of rotatable bonds is 2. The Morgan fingerprint density at radius 1 is 1.42 bits per heavy atom. The summed E-state index contributed by atoms with van der Waals surface area (Å²) < 4.78 is 10.8. The monoisotopic (exact) mass is 174 g/mol. The van der Waals surface area contributed by atoms with Crippen molar-refractivity contribution in [3.05, 3.63) is 0 Å². The fourth-order valence-corrected chi connectivity index (χ4v) is 2.02. The Balaban J connectivity index is 2.62. The molecular formula is C9H18O3. The van der Waals surface area contributed by atoms with Crippen molar-refractivity contribution in [1.29, 1.82) is 0 Å². The molecule has 1 N–H and O–H groups in total. The second-order valence-electron chi connectivity index (χ2n) is 3.61. The minimum absolute atomic E-state index is 0.0788. The highest BCUT2D eigenvalue weighted by Crippen LogP contribution is 2.30. The van der Waals surface area contributed by atoms with Crippen molar-refractivity contribution in [1.82, 2.24) is 0 Å². The summed E-state index contributed by atoms with van der Waals surface area (Å²) in [6, 6.07) is 0. The maximum absolute atomic E-state index is 9.37. The Bertz CT molecular complexity index is 147. The number of methoxy groups -OCH3 is 1. The summed E-state index contributed by atoms with van der Waals surface area (Å²) in [5.74, 6) is 0.269. The van der Waals surface area contributed by atoms with E-state index in [9.17, 15) is 5.11 Å². The molecule has 0 aromatic carbocycles. The largest absolute Gasteiger partial charge is 0.391 e. The number of ether oxygens (including phenoxy) is 2. The van der Waals surface area contributed by atoms with Gasteiger partial charge in [0, 0.05) is 13.0 Å². The highest BCUT2D eigenvalue weighted by atomic mass is 16.6. The van der Waals surface area contributed by atoms with Gasteiger partial charge in [-0.05, 0) is 13.8 Å². The minimum atomic E-state index is -0.414. The van der Waals surface area contributed by atoms with E-state index in [-0.39, 0.29) is 24.2 Å². The Morgan fingerprint density at radius 3 is 2.25 bits per heavy atom. The Hall–Kier alpha value is -0.120. The van der Waals surface area contributed by atoms with Crippen LogP contribution in [0.15, 0.2) is 0 Å². The smallest absolute Gasteiger partial charge is 0.0887 e. The van der Waals surface area contributed by atoms with E-state index in [1.807, 2.05) is 6.92 Å². The van der Waals surface area contributed by atoms with E-state index in [0.717, 1.165) is 0 Å². The number of hydrogen-bond acceptors (Lipinski definition) is 3. The van der Waals surface area contributed by atoms with Crippen LogP contribution in [0, 0.1) is 5.92 Å². The van der Waals surface area contributed by atoms with Crippen LogP contribution in [0.2, 0.25) is 0 Å². The highest BCUT2D eigenvalue weighted by Gasteiger charge is 2.41. The van der Waals surface area contributed by atoms with Crippen LogP contribution < -0.4 is 0 Å². The van der Waals surface area contributed by atoms with E-state index >= 15 is 0 Å². The quantitative estimate of drug-likeness (QED) is 0.673. The molecule has 0 bridgehead atoms. The molecule has 12 heavy (non-hydrogen) atoms. The van der Waals surface area contributed by atoms with Gasteiger partial charge in [0.1, 0.15) is 0 Å². The average Bonchev–Trinajstić information content (AvgIpc) is 2.27. The van der Waals surface area contributed by atoms with E-state index in [0.29, 0.717) is 0 Å². The number of aliphatic hydroxyl groups is 1. The van der Waals surface area contributed by atoms with E-state index in [2.05, 4.69) is 6.92 Å². The fraction of sp³-hybridized carbons (Fsp3) is 1.00. The average molecular weight is 174 g/mol. The summed E-state index contributed by atoms with van der Waals surface area (Å²) in [4.78, 5) is 0. The third kappa shape index (κ3) is 1.63. The molecule has 3 heteroatoms. The van der Waals surface area contributed by atoms with Gasteiger partial charge in [-0.15, -0.1) is 0 Å². The SMILES string of the molecule is CO[C@H]1C(C)[C@@H]([C@@H](C)O)O[C@H]1C. The molecule has 3 nitrogen and oxygen atoms in total. The molecule has 0 aromatic rings. The molecule has 1 aliphatic heterocycles. The van der Waals surface area contributed by atoms with Gasteiger partial charge in [0.05, 0.1) is 24.4 Å². The van der Waals surface area contributed by atoms with Crippen LogP contribution in [0.5, 0.6) is 0 Å². The van der Waals surface area contributed by atoms with E-state index in [1.165, 1.54) is 0 Å². The predicted molar refractivity (Wildman–Crippen MR) is 46.0 cm³/mol.